The highest BCUT2D eigenvalue weighted by Gasteiger charge is 2.42. The number of amides is 4. The Hall–Kier alpha value is -1.44. The van der Waals surface area contributed by atoms with Gasteiger partial charge >= 0.3 is 6.03 Å². The van der Waals surface area contributed by atoms with E-state index in [0.717, 1.165) is 63.8 Å². The monoisotopic (exact) mass is 398 g/mol. The van der Waals surface area contributed by atoms with Crippen LogP contribution < -0.4 is 21.3 Å². The third-order valence-corrected chi connectivity index (χ3v) is 6.66. The molecule has 3 atom stereocenters. The third-order valence-electron chi connectivity index (χ3n) is 5.15. The lowest BCUT2D eigenvalue weighted by atomic mass is 10.0. The number of nitrogens with one attached hydrogen (secondary N) is 4. The second kappa shape index (κ2) is 12.1. The van der Waals surface area contributed by atoms with Gasteiger partial charge < -0.3 is 21.3 Å². The van der Waals surface area contributed by atoms with Gasteiger partial charge in [0.1, 0.15) is 0 Å². The van der Waals surface area contributed by atoms with E-state index < -0.39 is 0 Å². The van der Waals surface area contributed by atoms with Gasteiger partial charge in [-0.1, -0.05) is 26.2 Å². The van der Waals surface area contributed by atoms with E-state index in [1.54, 1.807) is 0 Å². The average molecular weight is 399 g/mol. The van der Waals surface area contributed by atoms with Crippen LogP contribution >= 0.6 is 11.8 Å². The molecular formula is C19H34N4O3S. The molecule has 0 aromatic heterocycles. The maximum atomic E-state index is 11.9. The van der Waals surface area contributed by atoms with Crippen molar-refractivity contribution in [2.24, 2.45) is 0 Å². The number of carbonyl (C=O) groups excluding carboxylic acids is 3. The van der Waals surface area contributed by atoms with Crippen LogP contribution in [0.5, 0.6) is 0 Å². The lowest BCUT2D eigenvalue weighted by Gasteiger charge is -2.16. The molecule has 0 saturated carbocycles. The number of urea groups is 1. The molecule has 7 nitrogen and oxygen atoms in total. The van der Waals surface area contributed by atoms with Crippen LogP contribution in [0.15, 0.2) is 0 Å². The Bertz CT molecular complexity index is 503. The van der Waals surface area contributed by atoms with Gasteiger partial charge in [0.15, 0.2) is 0 Å². The van der Waals surface area contributed by atoms with E-state index in [2.05, 4.69) is 21.3 Å². The minimum absolute atomic E-state index is 0.0413. The van der Waals surface area contributed by atoms with E-state index >= 15 is 0 Å². The van der Waals surface area contributed by atoms with Crippen LogP contribution in [-0.4, -0.2) is 54.0 Å². The number of thioether (sulfide) groups is 1. The normalized spacial score (nSPS) is 23.4. The van der Waals surface area contributed by atoms with Crippen LogP contribution in [0.1, 0.15) is 64.7 Å². The molecule has 1 unspecified atom stereocenters. The van der Waals surface area contributed by atoms with E-state index in [1.807, 2.05) is 18.7 Å². The zero-order valence-corrected chi connectivity index (χ0v) is 17.2. The van der Waals surface area contributed by atoms with Gasteiger partial charge in [0.05, 0.1) is 12.1 Å². The number of hydrogen-bond acceptors (Lipinski definition) is 4. The predicted octanol–water partition coefficient (Wildman–Crippen LogP) is 1.92. The van der Waals surface area contributed by atoms with Gasteiger partial charge in [-0.2, -0.15) is 11.8 Å². The molecule has 8 heteroatoms. The predicted molar refractivity (Wildman–Crippen MR) is 109 cm³/mol. The molecule has 27 heavy (non-hydrogen) atoms. The number of rotatable bonds is 13. The van der Waals surface area contributed by atoms with Gasteiger partial charge in [0, 0.05) is 36.9 Å². The summed E-state index contributed by atoms with van der Waals surface area (Å²) in [5, 5.41) is 12.3. The van der Waals surface area contributed by atoms with E-state index in [9.17, 15) is 14.4 Å². The Labute approximate surface area is 166 Å². The molecule has 0 aliphatic carbocycles. The Morgan fingerprint density at radius 1 is 1.00 bits per heavy atom. The summed E-state index contributed by atoms with van der Waals surface area (Å²) in [6.45, 7) is 3.34. The number of unbranched alkanes of at least 4 members (excludes halogenated alkanes) is 4. The van der Waals surface area contributed by atoms with Crippen LogP contribution in [0.25, 0.3) is 0 Å². The molecule has 2 saturated heterocycles. The largest absolute Gasteiger partial charge is 0.356 e. The van der Waals surface area contributed by atoms with Gasteiger partial charge in [-0.05, 0) is 25.7 Å². The second-order valence-electron chi connectivity index (χ2n) is 7.34. The van der Waals surface area contributed by atoms with Gasteiger partial charge in [-0.25, -0.2) is 4.79 Å². The Balaban J connectivity index is 1.39. The number of fused-ring (bicyclic) bond motifs is 1. The first-order valence-electron chi connectivity index (χ1n) is 10.3. The maximum Gasteiger partial charge on any atom is 0.315 e. The van der Waals surface area contributed by atoms with Crippen molar-refractivity contribution in [1.82, 2.24) is 21.3 Å². The van der Waals surface area contributed by atoms with Crippen molar-refractivity contribution in [2.45, 2.75) is 82.0 Å². The highest BCUT2D eigenvalue weighted by molar-refractivity contribution is 8.00. The summed E-state index contributed by atoms with van der Waals surface area (Å²) in [5.41, 5.74) is 0. The minimum Gasteiger partial charge on any atom is -0.356 e. The van der Waals surface area contributed by atoms with E-state index in [0.29, 0.717) is 18.1 Å². The maximum absolute atomic E-state index is 11.9. The van der Waals surface area contributed by atoms with E-state index in [1.165, 1.54) is 0 Å². The third kappa shape index (κ3) is 7.99. The van der Waals surface area contributed by atoms with Gasteiger partial charge in [-0.15, -0.1) is 0 Å². The standard InChI is InChI=1S/C19H34N4O3S/c1-2-16(24)20-11-7-3-4-8-12-21-17(25)10-6-5-9-15-18-14(13-27-15)22-19(26)23-18/h14-15,18H,2-13H2,1H3,(H,20,24)(H,21,25)(H2,22,23,26)/t14-,15?,18-/m0/s1. The SMILES string of the molecule is CCC(=O)NCCCCCCNC(=O)CCCCC1SC[C@@H]2NC(=O)N[C@H]12. The fourth-order valence-electron chi connectivity index (χ4n) is 3.55. The molecule has 0 radical (unpaired) electrons. The summed E-state index contributed by atoms with van der Waals surface area (Å²) in [6, 6.07) is 0.491. The van der Waals surface area contributed by atoms with Crippen molar-refractivity contribution < 1.29 is 14.4 Å². The van der Waals surface area contributed by atoms with Gasteiger partial charge in [0.25, 0.3) is 0 Å². The molecule has 2 aliphatic heterocycles. The molecule has 4 N–H and O–H groups in total. The van der Waals surface area contributed by atoms with Crippen LogP contribution in [0.3, 0.4) is 0 Å². The number of hydrogen-bond donors (Lipinski definition) is 4. The van der Waals surface area contributed by atoms with Crippen LogP contribution in [0.4, 0.5) is 4.79 Å². The Kier molecular flexibility index (Phi) is 9.80. The first-order valence-corrected chi connectivity index (χ1v) is 11.4. The molecule has 2 aliphatic rings. The minimum atomic E-state index is -0.0413. The van der Waals surface area contributed by atoms with Gasteiger partial charge in [0.2, 0.25) is 11.8 Å². The van der Waals surface area contributed by atoms with Gasteiger partial charge in [-0.3, -0.25) is 9.59 Å². The highest BCUT2D eigenvalue weighted by atomic mass is 32.2. The highest BCUT2D eigenvalue weighted by Crippen LogP contribution is 2.33. The summed E-state index contributed by atoms with van der Waals surface area (Å²) >= 11 is 1.92. The zero-order chi connectivity index (χ0) is 19.5. The van der Waals surface area contributed by atoms with Crippen LogP contribution in [0.2, 0.25) is 0 Å². The van der Waals surface area contributed by atoms with Crippen molar-refractivity contribution in [3.8, 4) is 0 Å². The second-order valence-corrected chi connectivity index (χ2v) is 8.61. The van der Waals surface area contributed by atoms with E-state index in [-0.39, 0.29) is 29.9 Å². The fraction of sp³-hybridized carbons (Fsp3) is 0.842. The lowest BCUT2D eigenvalue weighted by molar-refractivity contribution is -0.121. The van der Waals surface area contributed by atoms with Crippen LogP contribution in [0, 0.1) is 0 Å². The molecule has 2 fully saturated rings. The van der Waals surface area contributed by atoms with Crippen molar-refractivity contribution >= 4 is 29.6 Å². The molecule has 0 aromatic rings. The summed E-state index contributed by atoms with van der Waals surface area (Å²) in [6.07, 6.45) is 8.23. The fourth-order valence-corrected chi connectivity index (χ4v) is 5.09. The van der Waals surface area contributed by atoms with E-state index in [4.69, 9.17) is 0 Å². The summed E-state index contributed by atoms with van der Waals surface area (Å²) < 4.78 is 0. The summed E-state index contributed by atoms with van der Waals surface area (Å²) in [4.78, 5) is 34.3. The molecule has 4 amide bonds. The van der Waals surface area contributed by atoms with Crippen molar-refractivity contribution in [3.05, 3.63) is 0 Å². The van der Waals surface area contributed by atoms with Crippen molar-refractivity contribution in [1.29, 1.82) is 0 Å². The van der Waals surface area contributed by atoms with Crippen LogP contribution in [-0.2, 0) is 9.59 Å². The van der Waals surface area contributed by atoms with Crippen molar-refractivity contribution in [3.63, 3.8) is 0 Å². The smallest absolute Gasteiger partial charge is 0.315 e. The average Bonchev–Trinajstić information content (AvgIpc) is 3.20. The quantitative estimate of drug-likeness (QED) is 0.281. The Morgan fingerprint density at radius 3 is 2.41 bits per heavy atom. The molecule has 0 spiro atoms. The zero-order valence-electron chi connectivity index (χ0n) is 16.4. The lowest BCUT2D eigenvalue weighted by Crippen LogP contribution is -2.36. The summed E-state index contributed by atoms with van der Waals surface area (Å²) in [7, 11) is 0. The molecule has 2 heterocycles. The molecule has 0 aromatic carbocycles. The number of carbonyl (C=O) groups is 3. The topological polar surface area (TPSA) is 99.3 Å². The molecule has 154 valence electrons. The molecular weight excluding hydrogens is 364 g/mol. The molecule has 0 bridgehead atoms. The summed E-state index contributed by atoms with van der Waals surface area (Å²) in [5.74, 6) is 1.23. The first kappa shape index (κ1) is 21.9. The molecule has 2 rings (SSSR count). The van der Waals surface area contributed by atoms with Crippen molar-refractivity contribution in [2.75, 3.05) is 18.8 Å². The Morgan fingerprint density at radius 2 is 1.70 bits per heavy atom. The first-order chi connectivity index (χ1) is 13.1.